The fourth-order valence-electron chi connectivity index (χ4n) is 2.40. The van der Waals surface area contributed by atoms with Crippen LogP contribution in [-0.2, 0) is 12.0 Å². The zero-order valence-corrected chi connectivity index (χ0v) is 9.95. The number of nitrogens with zero attached hydrogens (tertiary/aromatic N) is 2. The van der Waals surface area contributed by atoms with E-state index in [0.29, 0.717) is 5.92 Å². The van der Waals surface area contributed by atoms with Crippen molar-refractivity contribution in [1.29, 1.82) is 0 Å². The van der Waals surface area contributed by atoms with Crippen molar-refractivity contribution < 1.29 is 0 Å². The fourth-order valence-corrected chi connectivity index (χ4v) is 2.40. The van der Waals surface area contributed by atoms with E-state index < -0.39 is 0 Å². The van der Waals surface area contributed by atoms with Crippen LogP contribution in [-0.4, -0.2) is 22.6 Å². The summed E-state index contributed by atoms with van der Waals surface area (Å²) in [7, 11) is 0. The molecule has 0 saturated carbocycles. The third kappa shape index (κ3) is 2.07. The van der Waals surface area contributed by atoms with E-state index in [2.05, 4.69) is 35.6 Å². The highest BCUT2D eigenvalue weighted by atomic mass is 15.1. The highest BCUT2D eigenvalue weighted by molar-refractivity contribution is 5.17. The van der Waals surface area contributed by atoms with Gasteiger partial charge in [0.15, 0.2) is 0 Å². The Bertz CT molecular complexity index is 321. The number of hydrogen-bond acceptors (Lipinski definition) is 2. The molecular weight excluding hydrogens is 186 g/mol. The minimum Gasteiger partial charge on any atom is -0.334 e. The maximum absolute atomic E-state index is 4.30. The van der Waals surface area contributed by atoms with Gasteiger partial charge in [-0.25, -0.2) is 4.98 Å². The van der Waals surface area contributed by atoms with Crippen molar-refractivity contribution in [1.82, 2.24) is 14.9 Å². The summed E-state index contributed by atoms with van der Waals surface area (Å²) in [6, 6.07) is 0. The van der Waals surface area contributed by atoms with E-state index in [1.807, 2.05) is 12.5 Å². The summed E-state index contributed by atoms with van der Waals surface area (Å²) in [6.45, 7) is 10.1. The largest absolute Gasteiger partial charge is 0.334 e. The van der Waals surface area contributed by atoms with Gasteiger partial charge in [-0.2, -0.15) is 0 Å². The predicted molar refractivity (Wildman–Crippen MR) is 61.9 cm³/mol. The van der Waals surface area contributed by atoms with Crippen LogP contribution >= 0.6 is 0 Å². The Balaban J connectivity index is 2.23. The molecule has 1 aromatic heterocycles. The molecule has 0 aliphatic carbocycles. The van der Waals surface area contributed by atoms with E-state index in [4.69, 9.17) is 0 Å². The lowest BCUT2D eigenvalue weighted by Gasteiger charge is -2.24. The van der Waals surface area contributed by atoms with Crippen molar-refractivity contribution in [2.45, 2.75) is 39.2 Å². The molecule has 2 heterocycles. The molecule has 2 rings (SSSR count). The van der Waals surface area contributed by atoms with E-state index in [-0.39, 0.29) is 5.41 Å². The van der Waals surface area contributed by atoms with Crippen LogP contribution in [0.2, 0.25) is 0 Å². The summed E-state index contributed by atoms with van der Waals surface area (Å²) in [4.78, 5) is 4.30. The van der Waals surface area contributed by atoms with Crippen molar-refractivity contribution in [3.8, 4) is 0 Å². The SMILES string of the molecule is CC(C)Cn1cncc1C1(C)CCNC1. The molecule has 3 heteroatoms. The smallest absolute Gasteiger partial charge is 0.0948 e. The standard InChI is InChI=1S/C12H21N3/c1-10(2)7-15-9-14-6-11(15)12(3)4-5-13-8-12/h6,9-10,13H,4-5,7-8H2,1-3H3. The van der Waals surface area contributed by atoms with Gasteiger partial charge in [0, 0.05) is 30.4 Å². The van der Waals surface area contributed by atoms with Gasteiger partial charge in [-0.3, -0.25) is 0 Å². The van der Waals surface area contributed by atoms with E-state index >= 15 is 0 Å². The minimum absolute atomic E-state index is 0.283. The maximum Gasteiger partial charge on any atom is 0.0948 e. The molecule has 84 valence electrons. The van der Waals surface area contributed by atoms with Crippen LogP contribution in [0.1, 0.15) is 32.9 Å². The molecule has 1 fully saturated rings. The quantitative estimate of drug-likeness (QED) is 0.819. The summed E-state index contributed by atoms with van der Waals surface area (Å²) < 4.78 is 2.32. The molecule has 1 N–H and O–H groups in total. The van der Waals surface area contributed by atoms with Crippen LogP contribution in [0, 0.1) is 5.92 Å². The molecule has 1 saturated heterocycles. The van der Waals surface area contributed by atoms with Gasteiger partial charge in [-0.05, 0) is 18.9 Å². The molecule has 0 radical (unpaired) electrons. The topological polar surface area (TPSA) is 29.9 Å². The van der Waals surface area contributed by atoms with E-state index in [0.717, 1.165) is 19.6 Å². The zero-order chi connectivity index (χ0) is 10.9. The van der Waals surface area contributed by atoms with Gasteiger partial charge in [-0.15, -0.1) is 0 Å². The van der Waals surface area contributed by atoms with Crippen molar-refractivity contribution in [2.75, 3.05) is 13.1 Å². The van der Waals surface area contributed by atoms with Crippen molar-refractivity contribution in [3.63, 3.8) is 0 Å². The van der Waals surface area contributed by atoms with Gasteiger partial charge in [-0.1, -0.05) is 20.8 Å². The molecule has 1 aliphatic rings. The summed E-state index contributed by atoms with van der Waals surface area (Å²) in [5.41, 5.74) is 1.67. The van der Waals surface area contributed by atoms with Crippen molar-refractivity contribution in [2.24, 2.45) is 5.92 Å². The van der Waals surface area contributed by atoms with Crippen LogP contribution in [0.4, 0.5) is 0 Å². The third-order valence-electron chi connectivity index (χ3n) is 3.26. The fraction of sp³-hybridized carbons (Fsp3) is 0.750. The van der Waals surface area contributed by atoms with E-state index in [1.165, 1.54) is 12.1 Å². The lowest BCUT2D eigenvalue weighted by atomic mass is 9.86. The second-order valence-electron chi connectivity index (χ2n) is 5.31. The van der Waals surface area contributed by atoms with Gasteiger partial charge >= 0.3 is 0 Å². The first kappa shape index (κ1) is 10.7. The average molecular weight is 207 g/mol. The van der Waals surface area contributed by atoms with Crippen LogP contribution in [0.15, 0.2) is 12.5 Å². The van der Waals surface area contributed by atoms with Crippen molar-refractivity contribution >= 4 is 0 Å². The average Bonchev–Trinajstić information content (AvgIpc) is 2.73. The Morgan fingerprint density at radius 1 is 1.60 bits per heavy atom. The second-order valence-corrected chi connectivity index (χ2v) is 5.31. The minimum atomic E-state index is 0.283. The summed E-state index contributed by atoms with van der Waals surface area (Å²) in [5, 5.41) is 3.44. The van der Waals surface area contributed by atoms with E-state index in [1.54, 1.807) is 0 Å². The van der Waals surface area contributed by atoms with E-state index in [9.17, 15) is 0 Å². The van der Waals surface area contributed by atoms with Crippen LogP contribution < -0.4 is 5.32 Å². The lowest BCUT2D eigenvalue weighted by molar-refractivity contribution is 0.438. The van der Waals surface area contributed by atoms with Crippen LogP contribution in [0.3, 0.4) is 0 Å². The first-order chi connectivity index (χ1) is 7.12. The predicted octanol–water partition coefficient (Wildman–Crippen LogP) is 1.79. The maximum atomic E-state index is 4.30. The first-order valence-corrected chi connectivity index (χ1v) is 5.83. The number of imidazole rings is 1. The molecule has 1 aliphatic heterocycles. The van der Waals surface area contributed by atoms with Crippen molar-refractivity contribution in [3.05, 3.63) is 18.2 Å². The van der Waals surface area contributed by atoms with Gasteiger partial charge < -0.3 is 9.88 Å². The zero-order valence-electron chi connectivity index (χ0n) is 9.95. The van der Waals surface area contributed by atoms with Crippen LogP contribution in [0.5, 0.6) is 0 Å². The van der Waals surface area contributed by atoms with Gasteiger partial charge in [0.05, 0.1) is 6.33 Å². The normalized spacial score (nSPS) is 26.4. The molecule has 3 nitrogen and oxygen atoms in total. The molecule has 0 bridgehead atoms. The molecule has 1 aromatic rings. The molecule has 1 atom stereocenters. The van der Waals surface area contributed by atoms with Gasteiger partial charge in [0.2, 0.25) is 0 Å². The van der Waals surface area contributed by atoms with Crippen LogP contribution in [0.25, 0.3) is 0 Å². The monoisotopic (exact) mass is 207 g/mol. The Morgan fingerprint density at radius 2 is 2.40 bits per heavy atom. The Labute approximate surface area is 91.9 Å². The highest BCUT2D eigenvalue weighted by Gasteiger charge is 2.33. The lowest BCUT2D eigenvalue weighted by Crippen LogP contribution is -2.28. The number of rotatable bonds is 3. The summed E-state index contributed by atoms with van der Waals surface area (Å²) >= 11 is 0. The van der Waals surface area contributed by atoms with Gasteiger partial charge in [0.1, 0.15) is 0 Å². The Kier molecular flexibility index (Phi) is 2.83. The summed E-state index contributed by atoms with van der Waals surface area (Å²) in [5.74, 6) is 0.677. The molecule has 0 aromatic carbocycles. The van der Waals surface area contributed by atoms with Gasteiger partial charge in [0.25, 0.3) is 0 Å². The Hall–Kier alpha value is -0.830. The molecule has 0 amide bonds. The molecular formula is C12H21N3. The summed E-state index contributed by atoms with van der Waals surface area (Å²) in [6.07, 6.45) is 5.23. The third-order valence-corrected chi connectivity index (χ3v) is 3.26. The molecule has 1 unspecified atom stereocenters. The second kappa shape index (κ2) is 3.97. The molecule has 15 heavy (non-hydrogen) atoms. The first-order valence-electron chi connectivity index (χ1n) is 5.83. The molecule has 0 spiro atoms. The highest BCUT2D eigenvalue weighted by Crippen LogP contribution is 2.30. The number of nitrogens with one attached hydrogen (secondary N) is 1. The Morgan fingerprint density at radius 3 is 3.00 bits per heavy atom. The number of hydrogen-bond donors (Lipinski definition) is 1. The number of aromatic nitrogens is 2.